The Hall–Kier alpha value is -2.11. The minimum absolute atomic E-state index is 0.180. The summed E-state index contributed by atoms with van der Waals surface area (Å²) in [5.74, 6) is -0.180. The lowest BCUT2D eigenvalue weighted by Crippen LogP contribution is -2.60. The van der Waals surface area contributed by atoms with Gasteiger partial charge in [-0.25, -0.2) is 0 Å². The minimum Gasteiger partial charge on any atom is -0.394 e. The van der Waals surface area contributed by atoms with E-state index in [-0.39, 0.29) is 12.5 Å². The van der Waals surface area contributed by atoms with Gasteiger partial charge in [0.15, 0.2) is 6.29 Å². The van der Waals surface area contributed by atoms with Gasteiger partial charge in [-0.3, -0.25) is 4.79 Å². The Balaban J connectivity index is 1.95. The molecule has 0 bridgehead atoms. The summed E-state index contributed by atoms with van der Waals surface area (Å²) in [6, 6.07) is -0.800. The lowest BCUT2D eigenvalue weighted by Gasteiger charge is -2.40. The average molecular weight is 959 g/mol. The molecule has 9 heteroatoms. The van der Waals surface area contributed by atoms with E-state index in [0.717, 1.165) is 70.6 Å². The lowest BCUT2D eigenvalue weighted by atomic mass is 9.99. The smallest absolute Gasteiger partial charge is 0.220 e. The Morgan fingerprint density at radius 1 is 0.515 bits per heavy atom. The zero-order valence-corrected chi connectivity index (χ0v) is 43.9. The molecule has 1 heterocycles. The fourth-order valence-corrected chi connectivity index (χ4v) is 8.85. The van der Waals surface area contributed by atoms with Gasteiger partial charge >= 0.3 is 0 Å². The second-order valence-electron chi connectivity index (χ2n) is 19.7. The topological polar surface area (TPSA) is 149 Å². The molecule has 396 valence electrons. The molecule has 6 N–H and O–H groups in total. The van der Waals surface area contributed by atoms with E-state index in [2.05, 4.69) is 67.8 Å². The third-order valence-corrected chi connectivity index (χ3v) is 13.3. The molecule has 0 aliphatic carbocycles. The van der Waals surface area contributed by atoms with Crippen LogP contribution >= 0.6 is 0 Å². The first-order valence-corrected chi connectivity index (χ1v) is 28.5. The molecule has 1 amide bonds. The predicted molar refractivity (Wildman–Crippen MR) is 286 cm³/mol. The Morgan fingerprint density at radius 3 is 1.35 bits per heavy atom. The average Bonchev–Trinajstić information content (AvgIpc) is 3.34. The summed E-state index contributed by atoms with van der Waals surface area (Å²) < 4.78 is 11.2. The first-order chi connectivity index (χ1) is 33.3. The number of unbranched alkanes of at least 4 members (excludes halogenated alkanes) is 30. The Labute approximate surface area is 417 Å². The van der Waals surface area contributed by atoms with E-state index < -0.39 is 49.5 Å². The summed E-state index contributed by atoms with van der Waals surface area (Å²) >= 11 is 0. The second-order valence-corrected chi connectivity index (χ2v) is 19.7. The minimum atomic E-state index is -1.56. The van der Waals surface area contributed by atoms with Crippen molar-refractivity contribution in [1.29, 1.82) is 0 Å². The van der Waals surface area contributed by atoms with Crippen molar-refractivity contribution in [3.63, 3.8) is 0 Å². The van der Waals surface area contributed by atoms with Crippen molar-refractivity contribution in [2.75, 3.05) is 13.2 Å². The van der Waals surface area contributed by atoms with Crippen molar-refractivity contribution in [2.45, 2.75) is 294 Å². The summed E-state index contributed by atoms with van der Waals surface area (Å²) in [4.78, 5) is 12.9. The van der Waals surface area contributed by atoms with Crippen LogP contribution in [0, 0.1) is 0 Å². The molecule has 7 atom stereocenters. The van der Waals surface area contributed by atoms with Crippen LogP contribution in [0.25, 0.3) is 0 Å². The molecule has 7 unspecified atom stereocenters. The van der Waals surface area contributed by atoms with Crippen LogP contribution in [0.5, 0.6) is 0 Å². The third kappa shape index (κ3) is 37.7. The number of allylic oxidation sites excluding steroid dienone is 9. The summed E-state index contributed by atoms with van der Waals surface area (Å²) in [5, 5.41) is 53.9. The molecule has 0 aromatic rings. The zero-order valence-electron chi connectivity index (χ0n) is 43.9. The molecule has 1 aliphatic heterocycles. The van der Waals surface area contributed by atoms with Gasteiger partial charge in [0.05, 0.1) is 25.4 Å². The standard InChI is InChI=1S/C59H107NO8/c1-3-5-7-9-11-12-13-14-15-16-17-18-19-20-21-22-23-24-25-26-27-28-29-30-31-32-33-34-35-36-37-38-39-40-41-42-43-45-47-49-55(63)60-52(53(62)48-46-44-10-8-6-4-2)51-67-59-58(66)57(65)56(64)54(50-61)68-59/h5,7,11-12,14-15,17-18,46,48,52-54,56-59,61-62,64-66H,3-4,6,8-10,13,16,19-45,47,49-51H2,1-2H3,(H,60,63)/b7-5-,12-11-,15-14-,18-17-,48-46+. The first kappa shape index (κ1) is 63.9. The van der Waals surface area contributed by atoms with Gasteiger partial charge in [0.1, 0.15) is 24.4 Å². The summed E-state index contributed by atoms with van der Waals surface area (Å²) in [7, 11) is 0. The van der Waals surface area contributed by atoms with Crippen LogP contribution in [0.1, 0.15) is 251 Å². The third-order valence-electron chi connectivity index (χ3n) is 13.3. The van der Waals surface area contributed by atoms with Crippen molar-refractivity contribution in [3.05, 3.63) is 60.8 Å². The van der Waals surface area contributed by atoms with Crippen molar-refractivity contribution in [3.8, 4) is 0 Å². The molecular weight excluding hydrogens is 851 g/mol. The van der Waals surface area contributed by atoms with E-state index in [1.807, 2.05) is 6.08 Å². The number of carbonyl (C=O) groups excluding carboxylic acids is 1. The maximum atomic E-state index is 12.9. The quantitative estimate of drug-likeness (QED) is 0.0261. The highest BCUT2D eigenvalue weighted by molar-refractivity contribution is 5.76. The fourth-order valence-electron chi connectivity index (χ4n) is 8.85. The predicted octanol–water partition coefficient (Wildman–Crippen LogP) is 13.9. The van der Waals surface area contributed by atoms with Crippen molar-refractivity contribution in [2.24, 2.45) is 0 Å². The fraction of sp³-hybridized carbons (Fsp3) is 0.814. The van der Waals surface area contributed by atoms with E-state index in [4.69, 9.17) is 9.47 Å². The number of aliphatic hydroxyl groups is 5. The van der Waals surface area contributed by atoms with E-state index in [0.29, 0.717) is 6.42 Å². The number of amides is 1. The molecule has 68 heavy (non-hydrogen) atoms. The molecule has 0 aromatic heterocycles. The number of aliphatic hydroxyl groups excluding tert-OH is 5. The molecule has 1 fully saturated rings. The number of nitrogens with one attached hydrogen (secondary N) is 1. The van der Waals surface area contributed by atoms with Crippen LogP contribution in [0.4, 0.5) is 0 Å². The van der Waals surface area contributed by atoms with Gasteiger partial charge in [-0.2, -0.15) is 0 Å². The van der Waals surface area contributed by atoms with Crippen LogP contribution in [-0.4, -0.2) is 87.5 Å². The van der Waals surface area contributed by atoms with Gasteiger partial charge in [-0.15, -0.1) is 0 Å². The van der Waals surface area contributed by atoms with Gasteiger partial charge in [0.2, 0.25) is 5.91 Å². The SMILES string of the molecule is CC/C=C\C/C=C\C/C=C\C/C=C\CCCCCCCCCCCCCCCCCCCCCCCCCCCCC(=O)NC(COC1OC(CO)C(O)C(O)C1O)C(O)/C=C/CCCCCC. The molecule has 0 aromatic carbocycles. The maximum absolute atomic E-state index is 12.9. The van der Waals surface area contributed by atoms with Crippen LogP contribution in [0.2, 0.25) is 0 Å². The number of hydrogen-bond acceptors (Lipinski definition) is 8. The molecule has 1 saturated heterocycles. The van der Waals surface area contributed by atoms with E-state index in [1.165, 1.54) is 161 Å². The second kappa shape index (κ2) is 48.5. The van der Waals surface area contributed by atoms with Gasteiger partial charge in [0, 0.05) is 6.42 Å². The summed E-state index contributed by atoms with van der Waals surface area (Å²) in [6.07, 6.45) is 59.4. The molecule has 0 spiro atoms. The van der Waals surface area contributed by atoms with Crippen molar-refractivity contribution in [1.82, 2.24) is 5.32 Å². The Bertz CT molecular complexity index is 1250. The van der Waals surface area contributed by atoms with Crippen LogP contribution in [0.15, 0.2) is 60.8 Å². The highest BCUT2D eigenvalue weighted by Crippen LogP contribution is 2.23. The van der Waals surface area contributed by atoms with Crippen molar-refractivity contribution >= 4 is 5.91 Å². The van der Waals surface area contributed by atoms with Crippen LogP contribution in [-0.2, 0) is 14.3 Å². The van der Waals surface area contributed by atoms with Gasteiger partial charge in [0.25, 0.3) is 0 Å². The maximum Gasteiger partial charge on any atom is 0.220 e. The van der Waals surface area contributed by atoms with Gasteiger partial charge < -0.3 is 40.3 Å². The van der Waals surface area contributed by atoms with Gasteiger partial charge in [-0.1, -0.05) is 248 Å². The molecule has 1 aliphatic rings. The monoisotopic (exact) mass is 958 g/mol. The number of ether oxygens (including phenoxy) is 2. The van der Waals surface area contributed by atoms with Gasteiger partial charge in [-0.05, 0) is 57.8 Å². The summed E-state index contributed by atoms with van der Waals surface area (Å²) in [5.41, 5.74) is 0. The Morgan fingerprint density at radius 2 is 0.912 bits per heavy atom. The summed E-state index contributed by atoms with van der Waals surface area (Å²) in [6.45, 7) is 3.58. The molecule has 0 radical (unpaired) electrons. The highest BCUT2D eigenvalue weighted by Gasteiger charge is 2.44. The molecular formula is C59H107NO8. The Kier molecular flexibility index (Phi) is 45.6. The molecule has 1 rings (SSSR count). The number of carbonyl (C=O) groups is 1. The largest absolute Gasteiger partial charge is 0.394 e. The van der Waals surface area contributed by atoms with Crippen LogP contribution in [0.3, 0.4) is 0 Å². The number of hydrogen-bond donors (Lipinski definition) is 6. The van der Waals surface area contributed by atoms with E-state index in [1.54, 1.807) is 6.08 Å². The van der Waals surface area contributed by atoms with E-state index >= 15 is 0 Å². The number of rotatable bonds is 48. The van der Waals surface area contributed by atoms with E-state index in [9.17, 15) is 30.3 Å². The molecule has 9 nitrogen and oxygen atoms in total. The molecule has 0 saturated carbocycles. The normalized spacial score (nSPS) is 20.0. The highest BCUT2D eigenvalue weighted by atomic mass is 16.7. The van der Waals surface area contributed by atoms with Crippen molar-refractivity contribution < 1.29 is 39.8 Å². The zero-order chi connectivity index (χ0) is 49.4. The first-order valence-electron chi connectivity index (χ1n) is 28.5. The lowest BCUT2D eigenvalue weighted by molar-refractivity contribution is -0.302. The van der Waals surface area contributed by atoms with Crippen LogP contribution < -0.4 is 5.32 Å².